The van der Waals surface area contributed by atoms with Crippen molar-refractivity contribution in [2.75, 3.05) is 23.3 Å². The second kappa shape index (κ2) is 7.93. The van der Waals surface area contributed by atoms with Crippen molar-refractivity contribution in [3.63, 3.8) is 0 Å². The summed E-state index contributed by atoms with van der Waals surface area (Å²) in [5, 5.41) is 14.3. The fraction of sp³-hybridized carbons (Fsp3) is 0.263. The quantitative estimate of drug-likeness (QED) is 0.701. The Morgan fingerprint density at radius 1 is 1.17 bits per heavy atom. The molecule has 0 saturated heterocycles. The number of rotatable bonds is 4. The van der Waals surface area contributed by atoms with Crippen molar-refractivity contribution in [3.8, 4) is 0 Å². The zero-order valence-electron chi connectivity index (χ0n) is 16.3. The largest absolute Gasteiger partial charge is 0.333 e. The Bertz CT molecular complexity index is 1110. The van der Waals surface area contributed by atoms with Gasteiger partial charge in [-0.3, -0.25) is 9.78 Å². The lowest BCUT2D eigenvalue weighted by molar-refractivity contribution is 0.102. The van der Waals surface area contributed by atoms with Crippen molar-refractivity contribution >= 4 is 23.1 Å². The molecule has 30 heavy (non-hydrogen) atoms. The second-order valence-electron chi connectivity index (χ2n) is 6.85. The fourth-order valence-corrected chi connectivity index (χ4v) is 3.13. The molecule has 2 aromatic heterocycles. The number of benzene rings is 1. The van der Waals surface area contributed by atoms with Gasteiger partial charge in [-0.1, -0.05) is 16.7 Å². The van der Waals surface area contributed by atoms with Crippen LogP contribution >= 0.6 is 0 Å². The minimum absolute atomic E-state index is 0.0529. The zero-order valence-corrected chi connectivity index (χ0v) is 16.3. The van der Waals surface area contributed by atoms with E-state index < -0.39 is 23.2 Å². The highest BCUT2D eigenvalue weighted by molar-refractivity contribution is 6.02. The molecule has 1 amide bonds. The van der Waals surface area contributed by atoms with Crippen molar-refractivity contribution in [1.29, 1.82) is 0 Å². The number of hydrogen-bond acceptors (Lipinski definition) is 7. The van der Waals surface area contributed by atoms with Crippen molar-refractivity contribution < 1.29 is 13.6 Å². The van der Waals surface area contributed by atoms with Crippen LogP contribution in [-0.4, -0.2) is 49.2 Å². The number of aromatic nitrogens is 6. The molecule has 0 fully saturated rings. The van der Waals surface area contributed by atoms with Gasteiger partial charge in [0.1, 0.15) is 23.0 Å². The van der Waals surface area contributed by atoms with Crippen molar-refractivity contribution in [3.05, 3.63) is 59.2 Å². The molecule has 0 spiro atoms. The predicted molar refractivity (Wildman–Crippen MR) is 105 cm³/mol. The van der Waals surface area contributed by atoms with E-state index in [-0.39, 0.29) is 5.69 Å². The summed E-state index contributed by atoms with van der Waals surface area (Å²) in [5.74, 6) is -1.96. The molecule has 11 heteroatoms. The average Bonchev–Trinajstić information content (AvgIpc) is 3.17. The lowest BCUT2D eigenvalue weighted by Crippen LogP contribution is -2.32. The number of carbonyl (C=O) groups is 1. The molecule has 1 N–H and O–H groups in total. The normalized spacial score (nSPS) is 14.2. The van der Waals surface area contributed by atoms with Gasteiger partial charge in [0.2, 0.25) is 0 Å². The Morgan fingerprint density at radius 2 is 1.93 bits per heavy atom. The Kier molecular flexibility index (Phi) is 5.17. The molecular weight excluding hydrogens is 394 g/mol. The first-order valence-corrected chi connectivity index (χ1v) is 9.17. The topological polar surface area (TPSA) is 102 Å². The molecule has 1 aromatic carbocycles. The maximum Gasteiger partial charge on any atom is 0.276 e. The average molecular weight is 412 g/mol. The summed E-state index contributed by atoms with van der Waals surface area (Å²) in [6.45, 7) is 3.29. The van der Waals surface area contributed by atoms with E-state index in [0.29, 0.717) is 18.2 Å². The van der Waals surface area contributed by atoms with Crippen LogP contribution in [0.5, 0.6) is 0 Å². The van der Waals surface area contributed by atoms with E-state index in [2.05, 4.69) is 30.7 Å². The number of hydrogen-bond donors (Lipinski definition) is 1. The number of tetrazole rings is 1. The Labute approximate surface area is 170 Å². The van der Waals surface area contributed by atoms with Crippen LogP contribution in [0.3, 0.4) is 0 Å². The highest BCUT2D eigenvalue weighted by Gasteiger charge is 2.22. The summed E-state index contributed by atoms with van der Waals surface area (Å²) in [6.07, 6.45) is 3.55. The van der Waals surface area contributed by atoms with Crippen LogP contribution in [0, 0.1) is 11.6 Å². The SMILES string of the molecule is CC1=C(c2cnc(C(=O)Nc3c(F)cccc3F)cn2)CN(c2nnn(C)n2)CC1. The van der Waals surface area contributed by atoms with E-state index in [9.17, 15) is 13.6 Å². The van der Waals surface area contributed by atoms with Crippen molar-refractivity contribution in [2.24, 2.45) is 7.05 Å². The molecule has 154 valence electrons. The van der Waals surface area contributed by atoms with E-state index in [1.807, 2.05) is 11.8 Å². The molecule has 0 bridgehead atoms. The number of nitrogens with one attached hydrogen (secondary N) is 1. The van der Waals surface area contributed by atoms with E-state index in [0.717, 1.165) is 36.2 Å². The minimum Gasteiger partial charge on any atom is -0.333 e. The summed E-state index contributed by atoms with van der Waals surface area (Å²) in [4.78, 5) is 24.2. The minimum atomic E-state index is -0.867. The van der Waals surface area contributed by atoms with Crippen molar-refractivity contribution in [1.82, 2.24) is 30.2 Å². The zero-order chi connectivity index (χ0) is 21.3. The molecule has 3 heterocycles. The van der Waals surface area contributed by atoms with Gasteiger partial charge in [-0.05, 0) is 36.3 Å². The summed E-state index contributed by atoms with van der Waals surface area (Å²) < 4.78 is 27.5. The fourth-order valence-electron chi connectivity index (χ4n) is 3.13. The molecule has 3 aromatic rings. The number of aryl methyl sites for hydroxylation is 1. The summed E-state index contributed by atoms with van der Waals surface area (Å²) in [7, 11) is 1.70. The number of carbonyl (C=O) groups excluding carboxylic acids is 1. The third-order valence-corrected chi connectivity index (χ3v) is 4.80. The van der Waals surface area contributed by atoms with Gasteiger partial charge in [0.25, 0.3) is 11.9 Å². The molecule has 0 aliphatic carbocycles. The van der Waals surface area contributed by atoms with Crippen LogP contribution in [0.1, 0.15) is 29.5 Å². The molecule has 0 atom stereocenters. The molecule has 1 aliphatic heterocycles. The first-order chi connectivity index (χ1) is 14.4. The molecule has 0 radical (unpaired) electrons. The Morgan fingerprint density at radius 3 is 2.57 bits per heavy atom. The Hall–Kier alpha value is -3.76. The van der Waals surface area contributed by atoms with E-state index in [1.54, 1.807) is 7.05 Å². The molecule has 1 aliphatic rings. The first kappa shape index (κ1) is 19.6. The number of amides is 1. The predicted octanol–water partition coefficient (Wildman–Crippen LogP) is 2.21. The number of para-hydroxylation sites is 1. The number of nitrogens with zero attached hydrogens (tertiary/aromatic N) is 7. The third kappa shape index (κ3) is 3.86. The van der Waals surface area contributed by atoms with Gasteiger partial charge in [-0.25, -0.2) is 13.8 Å². The smallest absolute Gasteiger partial charge is 0.276 e. The van der Waals surface area contributed by atoms with E-state index in [4.69, 9.17) is 0 Å². The molecule has 9 nitrogen and oxygen atoms in total. The first-order valence-electron chi connectivity index (χ1n) is 9.17. The third-order valence-electron chi connectivity index (χ3n) is 4.80. The van der Waals surface area contributed by atoms with E-state index in [1.165, 1.54) is 23.3 Å². The highest BCUT2D eigenvalue weighted by Crippen LogP contribution is 2.26. The highest BCUT2D eigenvalue weighted by atomic mass is 19.1. The Balaban J connectivity index is 1.52. The van der Waals surface area contributed by atoms with Gasteiger partial charge in [0.05, 0.1) is 25.1 Å². The van der Waals surface area contributed by atoms with Crippen LogP contribution in [0.4, 0.5) is 20.4 Å². The van der Waals surface area contributed by atoms with Gasteiger partial charge in [0.15, 0.2) is 0 Å². The molecule has 0 saturated carbocycles. The van der Waals surface area contributed by atoms with E-state index >= 15 is 0 Å². The van der Waals surface area contributed by atoms with Crippen molar-refractivity contribution in [2.45, 2.75) is 13.3 Å². The monoisotopic (exact) mass is 412 g/mol. The van der Waals surface area contributed by atoms with Gasteiger partial charge in [0, 0.05) is 13.1 Å². The van der Waals surface area contributed by atoms with Gasteiger partial charge >= 0.3 is 0 Å². The lowest BCUT2D eigenvalue weighted by Gasteiger charge is -2.28. The maximum absolute atomic E-state index is 13.7. The summed E-state index contributed by atoms with van der Waals surface area (Å²) in [6, 6.07) is 3.34. The van der Waals surface area contributed by atoms with Crippen LogP contribution in [0.25, 0.3) is 5.57 Å². The maximum atomic E-state index is 13.7. The van der Waals surface area contributed by atoms with Gasteiger partial charge < -0.3 is 10.2 Å². The van der Waals surface area contributed by atoms with Crippen LogP contribution in [0.15, 0.2) is 36.2 Å². The molecule has 0 unspecified atom stereocenters. The number of anilines is 2. The van der Waals surface area contributed by atoms with Gasteiger partial charge in [-0.2, -0.15) is 4.80 Å². The standard InChI is InChI=1S/C19H18F2N8O/c1-11-6-7-29(19-25-27-28(2)26-19)10-12(11)15-8-23-16(9-22-15)18(30)24-17-13(20)4-3-5-14(17)21/h3-5,8-9H,6-7,10H2,1-2H3,(H,24,30). The molecular formula is C19H18F2N8O. The summed E-state index contributed by atoms with van der Waals surface area (Å²) in [5.41, 5.74) is 2.13. The summed E-state index contributed by atoms with van der Waals surface area (Å²) >= 11 is 0. The lowest BCUT2D eigenvalue weighted by atomic mass is 9.99. The van der Waals surface area contributed by atoms with Gasteiger partial charge in [-0.15, -0.1) is 5.10 Å². The van der Waals surface area contributed by atoms with Crippen LogP contribution in [-0.2, 0) is 7.05 Å². The second-order valence-corrected chi connectivity index (χ2v) is 6.85. The van der Waals surface area contributed by atoms with Crippen LogP contribution in [0.2, 0.25) is 0 Å². The molecule has 4 rings (SSSR count). The van der Waals surface area contributed by atoms with Crippen LogP contribution < -0.4 is 10.2 Å². The number of halogens is 2.